The van der Waals surface area contributed by atoms with Crippen LogP contribution >= 0.6 is 11.8 Å². The predicted molar refractivity (Wildman–Crippen MR) is 121 cm³/mol. The maximum absolute atomic E-state index is 13.0. The second-order valence-corrected chi connectivity index (χ2v) is 8.25. The van der Waals surface area contributed by atoms with Crippen molar-refractivity contribution in [1.29, 1.82) is 0 Å². The van der Waals surface area contributed by atoms with Crippen LogP contribution in [0.5, 0.6) is 5.75 Å². The van der Waals surface area contributed by atoms with Crippen LogP contribution in [0.3, 0.4) is 0 Å². The summed E-state index contributed by atoms with van der Waals surface area (Å²) < 4.78 is 46.5. The smallest absolute Gasteiger partial charge is 0.416 e. The van der Waals surface area contributed by atoms with Crippen LogP contribution in [0.4, 0.5) is 18.9 Å². The Morgan fingerprint density at radius 1 is 1.12 bits per heavy atom. The van der Waals surface area contributed by atoms with Gasteiger partial charge < -0.3 is 14.6 Å². The van der Waals surface area contributed by atoms with Crippen LogP contribution in [0.25, 0.3) is 21.9 Å². The van der Waals surface area contributed by atoms with Gasteiger partial charge in [-0.1, -0.05) is 11.8 Å². The highest BCUT2D eigenvalue weighted by Gasteiger charge is 2.30. The number of carbonyl (C=O) groups excluding carboxylic acids is 1. The van der Waals surface area contributed by atoms with E-state index in [0.29, 0.717) is 21.9 Å². The molecule has 4 rings (SSSR count). The van der Waals surface area contributed by atoms with E-state index in [2.05, 4.69) is 10.3 Å². The van der Waals surface area contributed by atoms with Gasteiger partial charge in [0, 0.05) is 25.2 Å². The molecule has 0 radical (unpaired) electrons. The maximum Gasteiger partial charge on any atom is 0.416 e. The second kappa shape index (κ2) is 8.47. The number of rotatable bonds is 5. The van der Waals surface area contributed by atoms with Crippen molar-refractivity contribution in [3.05, 3.63) is 58.4 Å². The van der Waals surface area contributed by atoms with Gasteiger partial charge in [-0.25, -0.2) is 4.98 Å². The summed E-state index contributed by atoms with van der Waals surface area (Å²) in [6.45, 7) is 0. The summed E-state index contributed by atoms with van der Waals surface area (Å²) in [5.41, 5.74) is 0.932. The number of anilines is 1. The van der Waals surface area contributed by atoms with Crippen molar-refractivity contribution in [3.8, 4) is 5.75 Å². The summed E-state index contributed by atoms with van der Waals surface area (Å²) in [7, 11) is 4.91. The summed E-state index contributed by atoms with van der Waals surface area (Å²) in [6, 6.07) is 9.62. The third kappa shape index (κ3) is 4.28. The highest BCUT2D eigenvalue weighted by Crippen LogP contribution is 2.31. The number of nitrogens with one attached hydrogen (secondary N) is 1. The molecule has 2 heterocycles. The van der Waals surface area contributed by atoms with E-state index in [1.807, 2.05) is 6.07 Å². The van der Waals surface area contributed by atoms with Crippen molar-refractivity contribution in [2.75, 3.05) is 18.2 Å². The number of hydrogen-bond donors (Lipinski definition) is 1. The van der Waals surface area contributed by atoms with Gasteiger partial charge in [-0.05, 0) is 42.5 Å². The van der Waals surface area contributed by atoms with Crippen LogP contribution in [0, 0.1) is 0 Å². The number of methoxy groups -OCH3 is 1. The Kier molecular flexibility index (Phi) is 5.83. The van der Waals surface area contributed by atoms with Crippen molar-refractivity contribution in [1.82, 2.24) is 14.1 Å². The lowest BCUT2D eigenvalue weighted by atomic mass is 10.2. The minimum atomic E-state index is -4.45. The molecule has 11 heteroatoms. The Morgan fingerprint density at radius 2 is 1.82 bits per heavy atom. The molecule has 0 spiro atoms. The third-order valence-corrected chi connectivity index (χ3v) is 6.24. The lowest BCUT2D eigenvalue weighted by Gasteiger charge is -2.10. The molecule has 7 nitrogen and oxygen atoms in total. The van der Waals surface area contributed by atoms with Crippen molar-refractivity contribution < 1.29 is 22.7 Å². The number of nitrogens with zero attached hydrogens (tertiary/aromatic N) is 3. The van der Waals surface area contributed by atoms with Crippen molar-refractivity contribution in [2.24, 2.45) is 14.1 Å². The first kappa shape index (κ1) is 22.7. The number of amides is 1. The molecule has 0 aliphatic carbocycles. The molecule has 4 aromatic rings. The minimum absolute atomic E-state index is 0.0824. The Morgan fingerprint density at radius 3 is 2.45 bits per heavy atom. The molecular formula is C22H19F3N4O3S. The van der Waals surface area contributed by atoms with E-state index < -0.39 is 17.6 Å². The van der Waals surface area contributed by atoms with Gasteiger partial charge in [0.15, 0.2) is 5.16 Å². The molecule has 1 N–H and O–H groups in total. The summed E-state index contributed by atoms with van der Waals surface area (Å²) >= 11 is 1.06. The van der Waals surface area contributed by atoms with Crippen molar-refractivity contribution in [3.63, 3.8) is 0 Å². The largest absolute Gasteiger partial charge is 0.497 e. The number of halogens is 3. The fourth-order valence-corrected chi connectivity index (χ4v) is 4.27. The first-order valence-corrected chi connectivity index (χ1v) is 10.7. The molecule has 0 aliphatic rings. The third-order valence-electron chi connectivity index (χ3n) is 5.21. The SMILES string of the molecule is COc1ccc2c(c1)c1nc(SCC(=O)Nc3ccc(C(F)(F)F)cc3)n(C)c(=O)c1n2C. The van der Waals surface area contributed by atoms with E-state index in [9.17, 15) is 22.8 Å². The molecule has 0 bridgehead atoms. The number of alkyl halides is 3. The van der Waals surface area contributed by atoms with Crippen LogP contribution in [0.15, 0.2) is 52.4 Å². The zero-order valence-corrected chi connectivity index (χ0v) is 18.7. The lowest BCUT2D eigenvalue weighted by molar-refractivity contribution is -0.137. The van der Waals surface area contributed by atoms with Crippen LogP contribution in [-0.4, -0.2) is 32.9 Å². The predicted octanol–water partition coefficient (Wildman–Crippen LogP) is 4.18. The van der Waals surface area contributed by atoms with E-state index in [4.69, 9.17) is 4.74 Å². The zero-order chi connectivity index (χ0) is 23.9. The highest BCUT2D eigenvalue weighted by molar-refractivity contribution is 7.99. The van der Waals surface area contributed by atoms with Crippen LogP contribution in [0.2, 0.25) is 0 Å². The molecule has 1 amide bonds. The van der Waals surface area contributed by atoms with Gasteiger partial charge in [0.25, 0.3) is 5.56 Å². The Labute approximate surface area is 190 Å². The normalized spacial score (nSPS) is 11.8. The average molecular weight is 476 g/mol. The van der Waals surface area contributed by atoms with E-state index in [1.54, 1.807) is 37.9 Å². The van der Waals surface area contributed by atoms with Gasteiger partial charge in [-0.3, -0.25) is 14.2 Å². The van der Waals surface area contributed by atoms with Crippen molar-refractivity contribution in [2.45, 2.75) is 11.3 Å². The molecule has 0 unspecified atom stereocenters. The number of aryl methyl sites for hydroxylation is 1. The zero-order valence-electron chi connectivity index (χ0n) is 17.9. The Balaban J connectivity index is 1.58. The van der Waals surface area contributed by atoms with Gasteiger partial charge >= 0.3 is 6.18 Å². The highest BCUT2D eigenvalue weighted by atomic mass is 32.2. The van der Waals surface area contributed by atoms with E-state index in [1.165, 1.54) is 16.7 Å². The van der Waals surface area contributed by atoms with E-state index in [0.717, 1.165) is 34.8 Å². The summed E-state index contributed by atoms with van der Waals surface area (Å²) in [6.07, 6.45) is -4.45. The molecule has 172 valence electrons. The average Bonchev–Trinajstić information content (AvgIpc) is 3.06. The number of thioether (sulfide) groups is 1. The molecule has 2 aromatic carbocycles. The standard InChI is InChI=1S/C22H19F3N4O3S/c1-28-16-9-8-14(32-3)10-15(16)18-19(28)20(31)29(2)21(27-18)33-11-17(30)26-13-6-4-12(5-7-13)22(23,24)25/h4-10H,11H2,1-3H3,(H,26,30). The topological polar surface area (TPSA) is 78.2 Å². The van der Waals surface area contributed by atoms with Gasteiger partial charge in [0.2, 0.25) is 5.91 Å². The first-order valence-electron chi connectivity index (χ1n) is 9.73. The van der Waals surface area contributed by atoms with Crippen molar-refractivity contribution >= 4 is 45.3 Å². The molecule has 0 fully saturated rings. The number of ether oxygens (including phenoxy) is 1. The number of carbonyl (C=O) groups is 1. The molecule has 33 heavy (non-hydrogen) atoms. The van der Waals surface area contributed by atoms with Gasteiger partial charge in [0.1, 0.15) is 16.8 Å². The Bertz CT molecular complexity index is 1430. The van der Waals surface area contributed by atoms with Crippen LogP contribution in [-0.2, 0) is 25.1 Å². The second-order valence-electron chi connectivity index (χ2n) is 7.31. The van der Waals surface area contributed by atoms with Crippen LogP contribution < -0.4 is 15.6 Å². The van der Waals surface area contributed by atoms with E-state index >= 15 is 0 Å². The summed E-state index contributed by atoms with van der Waals surface area (Å²) in [4.78, 5) is 30.0. The lowest BCUT2D eigenvalue weighted by Crippen LogP contribution is -2.22. The first-order chi connectivity index (χ1) is 15.6. The monoisotopic (exact) mass is 476 g/mol. The number of hydrogen-bond acceptors (Lipinski definition) is 5. The molecule has 0 saturated heterocycles. The number of benzene rings is 2. The van der Waals surface area contributed by atoms with Gasteiger partial charge in [-0.2, -0.15) is 13.2 Å². The summed E-state index contributed by atoms with van der Waals surface area (Å²) in [5, 5.41) is 3.64. The fraction of sp³-hybridized carbons (Fsp3) is 0.227. The quantitative estimate of drug-likeness (QED) is 0.345. The molecule has 0 atom stereocenters. The summed E-state index contributed by atoms with van der Waals surface area (Å²) in [5.74, 6) is 0.109. The number of aromatic nitrogens is 3. The van der Waals surface area contributed by atoms with Gasteiger partial charge in [0.05, 0.1) is 23.9 Å². The molecule has 0 saturated carbocycles. The molecular weight excluding hydrogens is 457 g/mol. The number of fused-ring (bicyclic) bond motifs is 3. The Hall–Kier alpha value is -3.47. The van der Waals surface area contributed by atoms with E-state index in [-0.39, 0.29) is 17.0 Å². The van der Waals surface area contributed by atoms with Gasteiger partial charge in [-0.15, -0.1) is 0 Å². The van der Waals surface area contributed by atoms with Crippen LogP contribution in [0.1, 0.15) is 5.56 Å². The molecule has 2 aromatic heterocycles. The minimum Gasteiger partial charge on any atom is -0.497 e. The molecule has 0 aliphatic heterocycles. The fourth-order valence-electron chi connectivity index (χ4n) is 3.50. The maximum atomic E-state index is 13.0.